The third kappa shape index (κ3) is 4.43. The van der Waals surface area contributed by atoms with E-state index >= 15 is 0 Å². The van der Waals surface area contributed by atoms with E-state index < -0.39 is 0 Å². The minimum absolute atomic E-state index is 0.0720. The van der Waals surface area contributed by atoms with Crippen LogP contribution >= 0.6 is 11.3 Å². The molecule has 0 bridgehead atoms. The monoisotopic (exact) mass is 431 g/mol. The average Bonchev–Trinajstić information content (AvgIpc) is 3.21. The van der Waals surface area contributed by atoms with Crippen molar-refractivity contribution < 1.29 is 0 Å². The first-order chi connectivity index (χ1) is 15.1. The number of aromatic nitrogens is 2. The lowest BCUT2D eigenvalue weighted by molar-refractivity contribution is 0.163. The summed E-state index contributed by atoms with van der Waals surface area (Å²) >= 11 is 1.89. The number of nitrogens with one attached hydrogen (secondary N) is 1. The molecule has 1 aromatic carbocycles. The normalized spacial score (nSPS) is 21.6. The molecule has 0 saturated heterocycles. The van der Waals surface area contributed by atoms with Crippen molar-refractivity contribution in [2.24, 2.45) is 5.41 Å². The maximum Gasteiger partial charge on any atom is 0.251 e. The molecule has 0 radical (unpaired) electrons. The number of hydrogen-bond donors (Lipinski definition) is 1. The van der Waals surface area contributed by atoms with Crippen LogP contribution in [0.4, 0.5) is 0 Å². The Morgan fingerprint density at radius 1 is 1.13 bits per heavy atom. The van der Waals surface area contributed by atoms with Crippen molar-refractivity contribution in [2.45, 2.75) is 58.2 Å². The fraction of sp³-hybridized carbons (Fsp3) is 0.385. The Hall–Kier alpha value is -2.50. The number of nitrogens with zero attached hydrogens (tertiary/aromatic N) is 2. The first-order valence-corrected chi connectivity index (χ1v) is 12.1. The van der Waals surface area contributed by atoms with Gasteiger partial charge >= 0.3 is 0 Å². The predicted octanol–water partition coefficient (Wildman–Crippen LogP) is 5.74. The molecule has 0 aliphatic heterocycles. The van der Waals surface area contributed by atoms with Crippen LogP contribution in [0.15, 0.2) is 65.7 Å². The zero-order valence-corrected chi connectivity index (χ0v) is 18.8. The molecule has 1 saturated carbocycles. The van der Waals surface area contributed by atoms with Crippen LogP contribution in [0.2, 0.25) is 0 Å². The zero-order valence-electron chi connectivity index (χ0n) is 18.0. The molecule has 0 unspecified atom stereocenters. The molecule has 3 heterocycles. The van der Waals surface area contributed by atoms with Crippen LogP contribution in [0.25, 0.3) is 21.0 Å². The summed E-state index contributed by atoms with van der Waals surface area (Å²) in [6, 6.07) is 17.1. The van der Waals surface area contributed by atoms with Crippen molar-refractivity contribution >= 4 is 32.3 Å². The molecule has 31 heavy (non-hydrogen) atoms. The van der Waals surface area contributed by atoms with Crippen LogP contribution in [0.5, 0.6) is 0 Å². The standard InChI is InChI=1S/C26H29N3OS/c1-26(13-15-29-23-18-27-14-10-19(23)6-7-25(29)30)11-8-21(9-12-26)28-17-22-16-20-4-2-3-5-24(20)31-22/h2-7,10,14,16,18,21,28H,8-9,11-13,15,17H2,1H3. The maximum absolute atomic E-state index is 12.5. The average molecular weight is 432 g/mol. The minimum atomic E-state index is 0.0720. The Kier molecular flexibility index (Phi) is 5.63. The number of aryl methyl sites for hydroxylation is 1. The molecule has 3 aromatic heterocycles. The first-order valence-electron chi connectivity index (χ1n) is 11.2. The summed E-state index contributed by atoms with van der Waals surface area (Å²) in [5.74, 6) is 0. The Morgan fingerprint density at radius 3 is 2.81 bits per heavy atom. The number of hydrogen-bond acceptors (Lipinski definition) is 4. The van der Waals surface area contributed by atoms with Gasteiger partial charge in [-0.25, -0.2) is 0 Å². The van der Waals surface area contributed by atoms with Crippen LogP contribution in [-0.2, 0) is 13.1 Å². The van der Waals surface area contributed by atoms with Gasteiger partial charge in [-0.15, -0.1) is 11.3 Å². The summed E-state index contributed by atoms with van der Waals surface area (Å²) in [5.41, 5.74) is 1.31. The third-order valence-corrected chi connectivity index (χ3v) is 8.08. The van der Waals surface area contributed by atoms with Gasteiger partial charge in [0.25, 0.3) is 5.56 Å². The van der Waals surface area contributed by atoms with Gasteiger partial charge in [0.15, 0.2) is 0 Å². The van der Waals surface area contributed by atoms with Gasteiger partial charge in [0.1, 0.15) is 0 Å². The van der Waals surface area contributed by atoms with Gasteiger partial charge in [-0.3, -0.25) is 9.78 Å². The molecular formula is C26H29N3OS. The highest BCUT2D eigenvalue weighted by molar-refractivity contribution is 7.19. The second-order valence-corrected chi connectivity index (χ2v) is 10.4. The van der Waals surface area contributed by atoms with E-state index in [2.05, 4.69) is 47.6 Å². The van der Waals surface area contributed by atoms with Crippen LogP contribution in [0.1, 0.15) is 43.9 Å². The minimum Gasteiger partial charge on any atom is -0.309 e. The van der Waals surface area contributed by atoms with Gasteiger partial charge in [0, 0.05) is 46.4 Å². The van der Waals surface area contributed by atoms with Crippen LogP contribution in [0.3, 0.4) is 0 Å². The van der Waals surface area contributed by atoms with Crippen molar-refractivity contribution in [1.29, 1.82) is 0 Å². The van der Waals surface area contributed by atoms with E-state index in [0.29, 0.717) is 11.5 Å². The van der Waals surface area contributed by atoms with E-state index in [1.54, 1.807) is 12.3 Å². The highest BCUT2D eigenvalue weighted by atomic mass is 32.1. The van der Waals surface area contributed by atoms with Crippen molar-refractivity contribution in [3.63, 3.8) is 0 Å². The molecule has 5 heteroatoms. The largest absolute Gasteiger partial charge is 0.309 e. The molecule has 1 aliphatic rings. The number of fused-ring (bicyclic) bond motifs is 2. The van der Waals surface area contributed by atoms with Crippen molar-refractivity contribution in [1.82, 2.24) is 14.9 Å². The number of benzene rings is 1. The van der Waals surface area contributed by atoms with Crippen LogP contribution in [-0.4, -0.2) is 15.6 Å². The Bertz CT molecular complexity index is 1220. The van der Waals surface area contributed by atoms with Crippen LogP contribution in [0, 0.1) is 5.41 Å². The lowest BCUT2D eigenvalue weighted by Crippen LogP contribution is -2.37. The Balaban J connectivity index is 1.17. The molecule has 5 rings (SSSR count). The molecule has 1 aliphatic carbocycles. The topological polar surface area (TPSA) is 46.9 Å². The lowest BCUT2D eigenvalue weighted by atomic mass is 9.72. The van der Waals surface area contributed by atoms with Gasteiger partial charge in [-0.05, 0) is 67.2 Å². The summed E-state index contributed by atoms with van der Waals surface area (Å²) in [4.78, 5) is 18.1. The van der Waals surface area contributed by atoms with Gasteiger partial charge < -0.3 is 9.88 Å². The van der Waals surface area contributed by atoms with Gasteiger partial charge in [0.2, 0.25) is 0 Å². The fourth-order valence-electron chi connectivity index (χ4n) is 4.88. The van der Waals surface area contributed by atoms with E-state index in [9.17, 15) is 4.79 Å². The van der Waals surface area contributed by atoms with Crippen molar-refractivity contribution in [2.75, 3.05) is 0 Å². The second kappa shape index (κ2) is 8.56. The maximum atomic E-state index is 12.5. The van der Waals surface area contributed by atoms with Gasteiger partial charge in [-0.1, -0.05) is 25.1 Å². The van der Waals surface area contributed by atoms with E-state index in [4.69, 9.17) is 0 Å². The highest BCUT2D eigenvalue weighted by Gasteiger charge is 2.31. The van der Waals surface area contributed by atoms with E-state index in [0.717, 1.165) is 30.4 Å². The third-order valence-electron chi connectivity index (χ3n) is 6.97. The first kappa shape index (κ1) is 20.4. The van der Waals surface area contributed by atoms with Crippen LogP contribution < -0.4 is 10.9 Å². The zero-order chi connectivity index (χ0) is 21.3. The molecular weight excluding hydrogens is 402 g/mol. The summed E-state index contributed by atoms with van der Waals surface area (Å²) < 4.78 is 3.27. The molecule has 160 valence electrons. The quantitative estimate of drug-likeness (QED) is 0.423. The van der Waals surface area contributed by atoms with Crippen molar-refractivity contribution in [3.8, 4) is 0 Å². The summed E-state index contributed by atoms with van der Waals surface area (Å²) in [7, 11) is 0. The second-order valence-electron chi connectivity index (χ2n) is 9.22. The smallest absolute Gasteiger partial charge is 0.251 e. The predicted molar refractivity (Wildman–Crippen MR) is 130 cm³/mol. The summed E-state index contributed by atoms with van der Waals surface area (Å²) in [6.07, 6.45) is 9.44. The number of thiophene rings is 1. The fourth-order valence-corrected chi connectivity index (χ4v) is 5.90. The Labute approximate surface area is 186 Å². The summed E-state index contributed by atoms with van der Waals surface area (Å²) in [5, 5.41) is 6.22. The van der Waals surface area contributed by atoms with Crippen molar-refractivity contribution in [3.05, 3.63) is 76.2 Å². The number of rotatable bonds is 6. The molecule has 4 nitrogen and oxygen atoms in total. The van der Waals surface area contributed by atoms with E-state index in [1.165, 1.54) is 40.6 Å². The molecule has 4 aromatic rings. The molecule has 0 amide bonds. The SMILES string of the molecule is CC1(CCn2c(=O)ccc3ccncc32)CCC(NCc2cc3ccccc3s2)CC1. The molecule has 1 fully saturated rings. The molecule has 0 spiro atoms. The lowest BCUT2D eigenvalue weighted by Gasteiger charge is -2.38. The van der Waals surface area contributed by atoms with Gasteiger partial charge in [-0.2, -0.15) is 0 Å². The van der Waals surface area contributed by atoms with E-state index in [-0.39, 0.29) is 5.56 Å². The molecule has 0 atom stereocenters. The highest BCUT2D eigenvalue weighted by Crippen LogP contribution is 2.39. The molecule has 1 N–H and O–H groups in total. The summed E-state index contributed by atoms with van der Waals surface area (Å²) in [6.45, 7) is 4.11. The Morgan fingerprint density at radius 2 is 1.97 bits per heavy atom. The number of pyridine rings is 2. The van der Waals surface area contributed by atoms with Gasteiger partial charge in [0.05, 0.1) is 11.7 Å². The van der Waals surface area contributed by atoms with E-state index in [1.807, 2.05) is 34.2 Å².